The van der Waals surface area contributed by atoms with Crippen LogP contribution in [0.25, 0.3) is 0 Å². The molecule has 1 aliphatic heterocycles. The van der Waals surface area contributed by atoms with Gasteiger partial charge < -0.3 is 16.4 Å². The fourth-order valence-electron chi connectivity index (χ4n) is 1.66. The number of nitrogens with zero attached hydrogens (tertiary/aromatic N) is 3. The second-order valence-electron chi connectivity index (χ2n) is 3.71. The molecule has 1 heterocycles. The van der Waals surface area contributed by atoms with Gasteiger partial charge in [-0.25, -0.2) is 4.99 Å². The minimum Gasteiger partial charge on any atom is -0.369 e. The third-order valence-electron chi connectivity index (χ3n) is 2.63. The summed E-state index contributed by atoms with van der Waals surface area (Å²) in [6.07, 6.45) is 2.65. The number of hydrogen-bond acceptors (Lipinski definition) is 2. The summed E-state index contributed by atoms with van der Waals surface area (Å²) in [4.78, 5) is 20.4. The van der Waals surface area contributed by atoms with Gasteiger partial charge in [0.05, 0.1) is 0 Å². The summed E-state index contributed by atoms with van der Waals surface area (Å²) in [5, 5.41) is 0.0366. The zero-order valence-electron chi connectivity index (χ0n) is 9.47. The van der Waals surface area contributed by atoms with Crippen molar-refractivity contribution < 1.29 is 4.79 Å². The molecule has 4 N–H and O–H groups in total. The van der Waals surface area contributed by atoms with Crippen molar-refractivity contribution in [1.82, 2.24) is 4.90 Å². The van der Waals surface area contributed by atoms with E-state index in [4.69, 9.17) is 23.1 Å². The van der Waals surface area contributed by atoms with E-state index in [0.717, 1.165) is 0 Å². The van der Waals surface area contributed by atoms with Crippen LogP contribution in [0.1, 0.15) is 12.8 Å². The molecule has 1 rings (SSSR count). The van der Waals surface area contributed by atoms with Crippen LogP contribution in [-0.4, -0.2) is 35.2 Å². The smallest absolute Gasteiger partial charge is 0.225 e. The molecule has 0 unspecified atom stereocenters. The van der Waals surface area contributed by atoms with Crippen molar-refractivity contribution in [2.75, 3.05) is 13.1 Å². The number of hydrogen-bond donors (Lipinski definition) is 2. The van der Waals surface area contributed by atoms with Crippen molar-refractivity contribution >= 4 is 28.8 Å². The third kappa shape index (κ3) is 4.07. The van der Waals surface area contributed by atoms with Crippen molar-refractivity contribution in [1.29, 1.82) is 0 Å². The molecule has 17 heavy (non-hydrogen) atoms. The van der Waals surface area contributed by atoms with Crippen LogP contribution in [0, 0.1) is 5.92 Å². The molecule has 0 aromatic heterocycles. The highest BCUT2D eigenvalue weighted by Crippen LogP contribution is 2.16. The summed E-state index contributed by atoms with van der Waals surface area (Å²) in [7, 11) is 0. The first-order valence-corrected chi connectivity index (χ1v) is 5.65. The number of carbonyl (C=O) groups excluding carboxylic acids is 1. The highest BCUT2D eigenvalue weighted by atomic mass is 35.5. The average Bonchev–Trinajstić information content (AvgIpc) is 2.29. The maximum absolute atomic E-state index is 11.0. The summed E-state index contributed by atoms with van der Waals surface area (Å²) in [6.45, 7) is 4.68. The number of amides is 1. The Morgan fingerprint density at radius 3 is 2.47 bits per heavy atom. The number of nitrogens with two attached hydrogens (primary N) is 2. The number of rotatable bonds is 2. The summed E-state index contributed by atoms with van der Waals surface area (Å²) in [5.41, 5.74) is 11.0. The van der Waals surface area contributed by atoms with Gasteiger partial charge in [-0.3, -0.25) is 4.79 Å². The molecular formula is C10H16ClN5O. The second-order valence-corrected chi connectivity index (χ2v) is 4.05. The number of halogens is 1. The van der Waals surface area contributed by atoms with Crippen LogP contribution in [0.3, 0.4) is 0 Å². The van der Waals surface area contributed by atoms with E-state index in [0.29, 0.717) is 31.9 Å². The van der Waals surface area contributed by atoms with Gasteiger partial charge in [0, 0.05) is 25.2 Å². The first-order chi connectivity index (χ1) is 8.04. The number of primary amides is 1. The number of likely N-dealkylation sites (tertiary alicyclic amines) is 1. The van der Waals surface area contributed by atoms with Crippen molar-refractivity contribution in [2.45, 2.75) is 12.8 Å². The van der Waals surface area contributed by atoms with E-state index in [2.05, 4.69) is 16.6 Å². The molecule has 0 saturated carbocycles. The molecule has 0 radical (unpaired) electrons. The van der Waals surface area contributed by atoms with Crippen LogP contribution in [0.5, 0.6) is 0 Å². The molecule has 0 atom stereocenters. The molecule has 1 saturated heterocycles. The molecule has 1 fully saturated rings. The summed E-state index contributed by atoms with van der Waals surface area (Å²) in [5.74, 6) is -0.0358. The molecule has 0 aliphatic carbocycles. The maximum atomic E-state index is 11.0. The number of aliphatic imine (C=N–C) groups is 2. The summed E-state index contributed by atoms with van der Waals surface area (Å²) >= 11 is 5.68. The molecule has 1 aliphatic rings. The Labute approximate surface area is 105 Å². The van der Waals surface area contributed by atoms with Crippen LogP contribution in [0.2, 0.25) is 0 Å². The fraction of sp³-hybridized carbons (Fsp3) is 0.500. The quantitative estimate of drug-likeness (QED) is 0.421. The molecular weight excluding hydrogens is 242 g/mol. The lowest BCUT2D eigenvalue weighted by Crippen LogP contribution is -2.45. The van der Waals surface area contributed by atoms with Crippen LogP contribution < -0.4 is 11.5 Å². The van der Waals surface area contributed by atoms with E-state index < -0.39 is 0 Å². The molecule has 94 valence electrons. The minimum absolute atomic E-state index is 0.0366. The van der Waals surface area contributed by atoms with Gasteiger partial charge in [-0.05, 0) is 24.4 Å². The average molecular weight is 258 g/mol. The van der Waals surface area contributed by atoms with Gasteiger partial charge in [-0.2, -0.15) is 4.99 Å². The van der Waals surface area contributed by atoms with Crippen LogP contribution in [-0.2, 0) is 4.79 Å². The van der Waals surface area contributed by atoms with Crippen LogP contribution in [0.15, 0.2) is 22.8 Å². The third-order valence-corrected chi connectivity index (χ3v) is 2.81. The zero-order chi connectivity index (χ0) is 12.8. The predicted molar refractivity (Wildman–Crippen MR) is 68.6 cm³/mol. The number of carbonyl (C=O) groups is 1. The van der Waals surface area contributed by atoms with Crippen molar-refractivity contribution in [2.24, 2.45) is 27.4 Å². The number of amidine groups is 1. The number of guanidine groups is 1. The van der Waals surface area contributed by atoms with E-state index in [1.54, 1.807) is 0 Å². The number of piperidine rings is 1. The lowest BCUT2D eigenvalue weighted by molar-refractivity contribution is -0.122. The molecule has 0 aromatic rings. The Morgan fingerprint density at radius 2 is 2.00 bits per heavy atom. The summed E-state index contributed by atoms with van der Waals surface area (Å²) in [6, 6.07) is 0. The fourth-order valence-corrected chi connectivity index (χ4v) is 1.82. The Morgan fingerprint density at radius 1 is 1.41 bits per heavy atom. The van der Waals surface area contributed by atoms with Gasteiger partial charge >= 0.3 is 0 Å². The van der Waals surface area contributed by atoms with Gasteiger partial charge in [0.1, 0.15) is 0 Å². The van der Waals surface area contributed by atoms with E-state index >= 15 is 0 Å². The van der Waals surface area contributed by atoms with Gasteiger partial charge in [0.25, 0.3) is 0 Å². The Balaban J connectivity index is 2.56. The minimum atomic E-state index is -0.258. The van der Waals surface area contributed by atoms with Gasteiger partial charge in [-0.15, -0.1) is 0 Å². The van der Waals surface area contributed by atoms with E-state index in [1.807, 2.05) is 4.90 Å². The van der Waals surface area contributed by atoms with E-state index in [9.17, 15) is 4.79 Å². The molecule has 0 spiro atoms. The first kappa shape index (κ1) is 13.5. The molecule has 0 aromatic carbocycles. The lowest BCUT2D eigenvalue weighted by Gasteiger charge is -2.31. The summed E-state index contributed by atoms with van der Waals surface area (Å²) < 4.78 is 0. The Kier molecular flexibility index (Phi) is 4.96. The largest absolute Gasteiger partial charge is 0.369 e. The molecule has 7 heteroatoms. The Bertz CT molecular complexity index is 358. The van der Waals surface area contributed by atoms with Gasteiger partial charge in [0.2, 0.25) is 11.2 Å². The standard InChI is InChI=1S/C10H16ClN5O/c1-2-14-9(11)15-10(13)16-5-3-7(4-6-16)8(12)17/h2,7H,1,3-6H2,(H2,12,17)(H2,13,14,15). The second kappa shape index (κ2) is 6.24. The van der Waals surface area contributed by atoms with Gasteiger partial charge in [-0.1, -0.05) is 6.58 Å². The molecule has 6 nitrogen and oxygen atoms in total. The van der Waals surface area contributed by atoms with E-state index in [-0.39, 0.29) is 17.1 Å². The van der Waals surface area contributed by atoms with Crippen LogP contribution >= 0.6 is 11.6 Å². The first-order valence-electron chi connectivity index (χ1n) is 5.27. The predicted octanol–water partition coefficient (Wildman–Crippen LogP) is 0.237. The lowest BCUT2D eigenvalue weighted by atomic mass is 9.96. The normalized spacial score (nSPS) is 19.2. The topological polar surface area (TPSA) is 97.1 Å². The zero-order valence-corrected chi connectivity index (χ0v) is 10.2. The van der Waals surface area contributed by atoms with Gasteiger partial charge in [0.15, 0.2) is 5.96 Å². The molecule has 0 bridgehead atoms. The SMILES string of the molecule is C=C/N=C(Cl)\N=C(/N)N1CCC(C(N)=O)CC1. The monoisotopic (exact) mass is 257 g/mol. The van der Waals surface area contributed by atoms with Crippen molar-refractivity contribution in [3.63, 3.8) is 0 Å². The van der Waals surface area contributed by atoms with E-state index in [1.165, 1.54) is 6.20 Å². The van der Waals surface area contributed by atoms with Crippen molar-refractivity contribution in [3.05, 3.63) is 12.8 Å². The highest BCUT2D eigenvalue weighted by molar-refractivity contribution is 6.65. The highest BCUT2D eigenvalue weighted by Gasteiger charge is 2.23. The molecule has 1 amide bonds. The van der Waals surface area contributed by atoms with Crippen LogP contribution in [0.4, 0.5) is 0 Å². The van der Waals surface area contributed by atoms with Crippen molar-refractivity contribution in [3.8, 4) is 0 Å². The maximum Gasteiger partial charge on any atom is 0.225 e. The Hall–Kier alpha value is -1.56.